The molecule has 0 spiro atoms. The molecule has 1 aromatic heterocycles. The van der Waals surface area contributed by atoms with Crippen molar-refractivity contribution < 1.29 is 0 Å². The number of hydrogen-bond donors (Lipinski definition) is 0. The van der Waals surface area contributed by atoms with Crippen LogP contribution in [0.25, 0.3) is 0 Å². The van der Waals surface area contributed by atoms with Gasteiger partial charge in [-0.1, -0.05) is 36.4 Å². The smallest absolute Gasteiger partial charge is 0 e. The van der Waals surface area contributed by atoms with E-state index in [1.807, 2.05) is 47.2 Å². The molecule has 1 aromatic rings. The van der Waals surface area contributed by atoms with Crippen molar-refractivity contribution >= 4 is 40.9 Å². The summed E-state index contributed by atoms with van der Waals surface area (Å²) >= 11 is 1.68. The summed E-state index contributed by atoms with van der Waals surface area (Å²) in [4.78, 5) is 0. The van der Waals surface area contributed by atoms with Crippen LogP contribution in [0.5, 0.6) is 0 Å². The predicted octanol–water partition coefficient (Wildman–Crippen LogP) is 2.49. The molecule has 0 nitrogen and oxygen atoms in total. The van der Waals surface area contributed by atoms with Crippen molar-refractivity contribution in [3.63, 3.8) is 0 Å². The Morgan fingerprint density at radius 1 is 0.600 bits per heavy atom. The van der Waals surface area contributed by atoms with E-state index in [-0.39, 0.29) is 29.6 Å². The Morgan fingerprint density at radius 2 is 1.00 bits per heavy atom. The second kappa shape index (κ2) is 7.29. The van der Waals surface area contributed by atoms with Gasteiger partial charge in [0.15, 0.2) is 0 Å². The van der Waals surface area contributed by atoms with E-state index in [1.165, 1.54) is 0 Å². The van der Waals surface area contributed by atoms with Crippen molar-refractivity contribution in [1.29, 1.82) is 0 Å². The molecule has 0 unspecified atom stereocenters. The van der Waals surface area contributed by atoms with Gasteiger partial charge in [0.25, 0.3) is 0 Å². The molecule has 1 rings (SSSR count). The molecule has 10 heavy (non-hydrogen) atoms. The molecule has 0 N–H and O–H groups in total. The fraction of sp³-hybridized carbons (Fsp3) is 0. The maximum absolute atomic E-state index is 2.04. The first kappa shape index (κ1) is 10.2. The van der Waals surface area contributed by atoms with Crippen LogP contribution in [-0.4, -0.2) is 29.6 Å². The van der Waals surface area contributed by atoms with Crippen LogP contribution in [0.15, 0.2) is 47.2 Å². The fourth-order valence-electron chi connectivity index (χ4n) is 0.483. The first-order valence-electron chi connectivity index (χ1n) is 2.80. The Balaban J connectivity index is 0.000000810. The Kier molecular flexibility index (Phi) is 7.42. The van der Waals surface area contributed by atoms with Gasteiger partial charge in [-0.15, -0.1) is 0 Å². The topological polar surface area (TPSA) is 0 Å². The van der Waals surface area contributed by atoms with Crippen LogP contribution < -0.4 is 0 Å². The van der Waals surface area contributed by atoms with E-state index >= 15 is 0 Å². The predicted molar refractivity (Wildman–Crippen MR) is 47.7 cm³/mol. The summed E-state index contributed by atoms with van der Waals surface area (Å²) in [6.45, 7) is 0. The normalized spacial score (nSPS) is 7.20. The second-order valence-corrected chi connectivity index (χ2v) is 2.38. The van der Waals surface area contributed by atoms with Crippen molar-refractivity contribution in [3.05, 3.63) is 47.2 Å². The second-order valence-electron chi connectivity index (χ2n) is 1.56. The average Bonchev–Trinajstić information content (AvgIpc) is 2.00. The van der Waals surface area contributed by atoms with E-state index in [4.69, 9.17) is 0 Å². The van der Waals surface area contributed by atoms with Crippen molar-refractivity contribution in [2.45, 2.75) is 0 Å². The van der Waals surface area contributed by atoms with Gasteiger partial charge < -0.3 is 0 Å². The molecule has 0 aromatic carbocycles. The molecule has 47 valence electrons. The maximum atomic E-state index is 2.04. The SMILES string of the molecule is [Na].c1ccccsccc1. The largest absolute Gasteiger partial charge is 0.152 e. The quantitative estimate of drug-likeness (QED) is 0.510. The molecule has 0 bridgehead atoms. The number of hydrogen-bond acceptors (Lipinski definition) is 1. The fourth-order valence-corrected chi connectivity index (χ4v) is 0.937. The molecule has 0 saturated heterocycles. The van der Waals surface area contributed by atoms with Gasteiger partial charge in [0.05, 0.1) is 0 Å². The minimum absolute atomic E-state index is 0. The van der Waals surface area contributed by atoms with Gasteiger partial charge in [-0.05, 0) is 10.8 Å². The van der Waals surface area contributed by atoms with Gasteiger partial charge in [-0.2, -0.15) is 11.3 Å². The summed E-state index contributed by atoms with van der Waals surface area (Å²) in [6.07, 6.45) is 0. The molecule has 0 aliphatic carbocycles. The molecule has 0 atom stereocenters. The van der Waals surface area contributed by atoms with Gasteiger partial charge >= 0.3 is 0 Å². The summed E-state index contributed by atoms with van der Waals surface area (Å²) in [5.74, 6) is 0. The number of rotatable bonds is 0. The summed E-state index contributed by atoms with van der Waals surface area (Å²) < 4.78 is 0. The zero-order valence-electron chi connectivity index (χ0n) is 6.03. The third-order valence-corrected chi connectivity index (χ3v) is 1.50. The Morgan fingerprint density at radius 3 is 1.50 bits per heavy atom. The minimum Gasteiger partial charge on any atom is -0.152 e. The summed E-state index contributed by atoms with van der Waals surface area (Å²) in [6, 6.07) is 12.1. The Labute approximate surface area is 87.5 Å². The van der Waals surface area contributed by atoms with Crippen molar-refractivity contribution in [2.75, 3.05) is 0 Å². The molecule has 0 aliphatic heterocycles. The standard InChI is InChI=1S/C8H8S.Na/c1-2-4-6-8-9-7-5-3-1;/h1-8H;. The van der Waals surface area contributed by atoms with E-state index in [0.29, 0.717) is 0 Å². The molecule has 1 radical (unpaired) electrons. The van der Waals surface area contributed by atoms with Crippen LogP contribution >= 0.6 is 11.3 Å². The zero-order chi connectivity index (χ0) is 6.36. The first-order chi connectivity index (χ1) is 4.50. The van der Waals surface area contributed by atoms with Gasteiger partial charge in [0.2, 0.25) is 0 Å². The summed E-state index contributed by atoms with van der Waals surface area (Å²) in [5, 5.41) is 4.08. The van der Waals surface area contributed by atoms with Gasteiger partial charge in [0, 0.05) is 29.6 Å². The molecule has 0 amide bonds. The average molecular weight is 159 g/mol. The first-order valence-corrected chi connectivity index (χ1v) is 3.75. The Hall–Kier alpha value is 0.180. The van der Waals surface area contributed by atoms with Crippen LogP contribution in [0.2, 0.25) is 0 Å². The molecule has 2 heteroatoms. The van der Waals surface area contributed by atoms with Crippen LogP contribution in [0.1, 0.15) is 0 Å². The Bertz CT molecular complexity index is 131. The van der Waals surface area contributed by atoms with Crippen LogP contribution in [0.4, 0.5) is 0 Å². The van der Waals surface area contributed by atoms with Crippen molar-refractivity contribution in [2.24, 2.45) is 0 Å². The molecule has 1 heterocycles. The molecular formula is C8H8NaS. The van der Waals surface area contributed by atoms with E-state index in [1.54, 1.807) is 11.3 Å². The van der Waals surface area contributed by atoms with E-state index in [9.17, 15) is 0 Å². The van der Waals surface area contributed by atoms with Crippen LogP contribution in [-0.2, 0) is 0 Å². The molecule has 0 fully saturated rings. The summed E-state index contributed by atoms with van der Waals surface area (Å²) in [7, 11) is 0. The molecular weight excluding hydrogens is 151 g/mol. The van der Waals surface area contributed by atoms with Crippen LogP contribution in [0, 0.1) is 0 Å². The van der Waals surface area contributed by atoms with E-state index in [0.717, 1.165) is 0 Å². The van der Waals surface area contributed by atoms with E-state index < -0.39 is 0 Å². The van der Waals surface area contributed by atoms with Gasteiger partial charge in [-0.3, -0.25) is 0 Å². The third kappa shape index (κ3) is 5.00. The van der Waals surface area contributed by atoms with E-state index in [2.05, 4.69) is 0 Å². The monoisotopic (exact) mass is 159 g/mol. The van der Waals surface area contributed by atoms with Crippen LogP contribution in [0.3, 0.4) is 0 Å². The van der Waals surface area contributed by atoms with Crippen molar-refractivity contribution in [3.8, 4) is 0 Å². The summed E-state index contributed by atoms with van der Waals surface area (Å²) in [5.41, 5.74) is 0. The molecule has 0 aliphatic rings. The maximum Gasteiger partial charge on any atom is 0 e. The van der Waals surface area contributed by atoms with Gasteiger partial charge in [-0.25, -0.2) is 0 Å². The third-order valence-electron chi connectivity index (χ3n) is 0.870. The molecule has 0 saturated carbocycles. The zero-order valence-corrected chi connectivity index (χ0v) is 8.84. The van der Waals surface area contributed by atoms with Gasteiger partial charge in [0.1, 0.15) is 0 Å². The minimum atomic E-state index is 0. The van der Waals surface area contributed by atoms with Crippen molar-refractivity contribution in [1.82, 2.24) is 0 Å².